The van der Waals surface area contributed by atoms with Crippen LogP contribution in [0.1, 0.15) is 5.56 Å². The number of nitrogens with one attached hydrogen (secondary N) is 1. The number of benzene rings is 1. The van der Waals surface area contributed by atoms with Gasteiger partial charge in [0.2, 0.25) is 6.41 Å². The van der Waals surface area contributed by atoms with Gasteiger partial charge in [-0.2, -0.15) is 0 Å². The normalized spacial score (nSPS) is 10.9. The Morgan fingerprint density at radius 3 is 2.53 bits per heavy atom. The Morgan fingerprint density at radius 1 is 1.47 bits per heavy atom. The van der Waals surface area contributed by atoms with Crippen LogP contribution in [0.2, 0.25) is 0 Å². The molecule has 1 atom stereocenters. The maximum Gasteiger partial charge on any atom is 0.328 e. The fourth-order valence-electron chi connectivity index (χ4n) is 1.29. The van der Waals surface area contributed by atoms with E-state index in [1.807, 2.05) is 24.3 Å². The van der Waals surface area contributed by atoms with Crippen LogP contribution in [0.25, 0.3) is 0 Å². The smallest absolute Gasteiger partial charge is 0.328 e. The minimum Gasteiger partial charge on any atom is -0.467 e. The SMILES string of the molecule is COC(=O)C(Cc1ccc(Br)cc1)NC=O.Cl. The third-order valence-corrected chi connectivity index (χ3v) is 2.64. The van der Waals surface area contributed by atoms with Crippen molar-refractivity contribution < 1.29 is 14.3 Å². The van der Waals surface area contributed by atoms with E-state index >= 15 is 0 Å². The largest absolute Gasteiger partial charge is 0.467 e. The van der Waals surface area contributed by atoms with E-state index in [1.54, 1.807) is 0 Å². The van der Waals surface area contributed by atoms with Crippen LogP contribution in [0, 0.1) is 0 Å². The van der Waals surface area contributed by atoms with Gasteiger partial charge in [-0.05, 0) is 17.7 Å². The maximum atomic E-state index is 11.3. The molecule has 0 aliphatic carbocycles. The van der Waals surface area contributed by atoms with Crippen LogP contribution in [-0.4, -0.2) is 25.5 Å². The summed E-state index contributed by atoms with van der Waals surface area (Å²) in [5, 5.41) is 2.43. The summed E-state index contributed by atoms with van der Waals surface area (Å²) in [6, 6.07) is 6.89. The van der Waals surface area contributed by atoms with Gasteiger partial charge in [0.05, 0.1) is 7.11 Å². The number of amides is 1. The summed E-state index contributed by atoms with van der Waals surface area (Å²) < 4.78 is 5.56. The standard InChI is InChI=1S/C11H12BrNO3.ClH/c1-16-11(15)10(13-7-14)6-8-2-4-9(12)5-3-8;/h2-5,7,10H,6H2,1H3,(H,13,14);1H. The van der Waals surface area contributed by atoms with Gasteiger partial charge in [0.15, 0.2) is 0 Å². The van der Waals surface area contributed by atoms with Crippen LogP contribution in [0.15, 0.2) is 28.7 Å². The van der Waals surface area contributed by atoms with Crippen molar-refractivity contribution in [2.24, 2.45) is 0 Å². The molecule has 6 heteroatoms. The summed E-state index contributed by atoms with van der Waals surface area (Å²) in [5.41, 5.74) is 0.952. The highest BCUT2D eigenvalue weighted by atomic mass is 79.9. The molecule has 0 bridgehead atoms. The van der Waals surface area contributed by atoms with Crippen molar-refractivity contribution in [2.45, 2.75) is 12.5 Å². The highest BCUT2D eigenvalue weighted by molar-refractivity contribution is 9.10. The Labute approximate surface area is 114 Å². The third-order valence-electron chi connectivity index (χ3n) is 2.11. The Balaban J connectivity index is 0.00000256. The molecule has 0 heterocycles. The van der Waals surface area contributed by atoms with E-state index in [0.717, 1.165) is 10.0 Å². The van der Waals surface area contributed by atoms with E-state index in [4.69, 9.17) is 0 Å². The zero-order valence-electron chi connectivity index (χ0n) is 9.18. The van der Waals surface area contributed by atoms with E-state index < -0.39 is 12.0 Å². The van der Waals surface area contributed by atoms with Crippen LogP contribution < -0.4 is 5.32 Å². The van der Waals surface area contributed by atoms with Gasteiger partial charge in [0, 0.05) is 10.9 Å². The second-order valence-corrected chi connectivity index (χ2v) is 4.11. The lowest BCUT2D eigenvalue weighted by Gasteiger charge is -2.13. The molecule has 0 aliphatic rings. The number of ether oxygens (including phenoxy) is 1. The van der Waals surface area contributed by atoms with Crippen LogP contribution in [-0.2, 0) is 20.7 Å². The van der Waals surface area contributed by atoms with Gasteiger partial charge < -0.3 is 10.1 Å². The highest BCUT2D eigenvalue weighted by Gasteiger charge is 2.18. The number of rotatable bonds is 5. The lowest BCUT2D eigenvalue weighted by atomic mass is 10.1. The molecule has 1 rings (SSSR count). The molecule has 94 valence electrons. The molecule has 17 heavy (non-hydrogen) atoms. The van der Waals surface area contributed by atoms with Gasteiger partial charge in [0.25, 0.3) is 0 Å². The summed E-state index contributed by atoms with van der Waals surface area (Å²) in [5.74, 6) is -0.449. The lowest BCUT2D eigenvalue weighted by molar-refractivity contribution is -0.144. The molecule has 1 amide bonds. The molecule has 1 aromatic carbocycles. The fourth-order valence-corrected chi connectivity index (χ4v) is 1.56. The second-order valence-electron chi connectivity index (χ2n) is 3.19. The van der Waals surface area contributed by atoms with E-state index in [-0.39, 0.29) is 12.4 Å². The van der Waals surface area contributed by atoms with E-state index in [0.29, 0.717) is 12.8 Å². The molecule has 0 saturated heterocycles. The van der Waals surface area contributed by atoms with Gasteiger partial charge in [-0.25, -0.2) is 4.79 Å². The number of hydrogen-bond acceptors (Lipinski definition) is 3. The molecular formula is C11H13BrClNO3. The van der Waals surface area contributed by atoms with Crippen LogP contribution in [0.4, 0.5) is 0 Å². The molecular weight excluding hydrogens is 309 g/mol. The Kier molecular flexibility index (Phi) is 7.58. The van der Waals surface area contributed by atoms with E-state index in [1.165, 1.54) is 7.11 Å². The Bertz CT molecular complexity index is 369. The average molecular weight is 323 g/mol. The molecule has 1 N–H and O–H groups in total. The number of hydrogen-bond donors (Lipinski definition) is 1. The summed E-state index contributed by atoms with van der Waals surface area (Å²) in [6.45, 7) is 0. The quantitative estimate of drug-likeness (QED) is 0.663. The molecule has 0 aromatic heterocycles. The van der Waals surface area contributed by atoms with Crippen molar-refractivity contribution in [3.05, 3.63) is 34.3 Å². The topological polar surface area (TPSA) is 55.4 Å². The van der Waals surface area contributed by atoms with Gasteiger partial charge in [-0.15, -0.1) is 12.4 Å². The first kappa shape index (κ1) is 15.9. The van der Waals surface area contributed by atoms with Crippen molar-refractivity contribution in [1.29, 1.82) is 0 Å². The van der Waals surface area contributed by atoms with Gasteiger partial charge in [-0.3, -0.25) is 4.79 Å². The molecule has 1 aromatic rings. The first-order chi connectivity index (χ1) is 7.67. The van der Waals surface area contributed by atoms with Crippen LogP contribution in [0.5, 0.6) is 0 Å². The van der Waals surface area contributed by atoms with Crippen molar-refractivity contribution in [3.8, 4) is 0 Å². The summed E-state index contributed by atoms with van der Waals surface area (Å²) >= 11 is 3.32. The molecule has 0 saturated carbocycles. The summed E-state index contributed by atoms with van der Waals surface area (Å²) in [4.78, 5) is 21.7. The summed E-state index contributed by atoms with van der Waals surface area (Å²) in [7, 11) is 1.30. The second kappa shape index (κ2) is 8.08. The first-order valence-corrected chi connectivity index (χ1v) is 5.48. The molecule has 0 aliphatic heterocycles. The minimum absolute atomic E-state index is 0. The molecule has 0 radical (unpaired) electrons. The zero-order chi connectivity index (χ0) is 12.0. The lowest BCUT2D eigenvalue weighted by Crippen LogP contribution is -2.38. The monoisotopic (exact) mass is 321 g/mol. The molecule has 1 unspecified atom stereocenters. The van der Waals surface area contributed by atoms with Crippen molar-refractivity contribution in [2.75, 3.05) is 7.11 Å². The van der Waals surface area contributed by atoms with Gasteiger partial charge in [0.1, 0.15) is 6.04 Å². The van der Waals surface area contributed by atoms with Gasteiger partial charge in [-0.1, -0.05) is 28.1 Å². The zero-order valence-corrected chi connectivity index (χ0v) is 11.6. The van der Waals surface area contributed by atoms with Crippen molar-refractivity contribution >= 4 is 40.7 Å². The molecule has 0 fully saturated rings. The number of methoxy groups -OCH3 is 1. The number of esters is 1. The molecule has 4 nitrogen and oxygen atoms in total. The summed E-state index contributed by atoms with van der Waals surface area (Å²) in [6.07, 6.45) is 0.916. The predicted molar refractivity (Wildman–Crippen MR) is 70.1 cm³/mol. The average Bonchev–Trinajstić information content (AvgIpc) is 2.30. The Hall–Kier alpha value is -1.07. The van der Waals surface area contributed by atoms with Crippen molar-refractivity contribution in [1.82, 2.24) is 5.32 Å². The highest BCUT2D eigenvalue weighted by Crippen LogP contribution is 2.12. The van der Waals surface area contributed by atoms with Crippen LogP contribution in [0.3, 0.4) is 0 Å². The van der Waals surface area contributed by atoms with Gasteiger partial charge >= 0.3 is 5.97 Å². The number of carbonyl (C=O) groups excluding carboxylic acids is 2. The van der Waals surface area contributed by atoms with E-state index in [2.05, 4.69) is 26.0 Å². The predicted octanol–water partition coefficient (Wildman–Crippen LogP) is 1.70. The first-order valence-electron chi connectivity index (χ1n) is 4.69. The van der Waals surface area contributed by atoms with Crippen LogP contribution >= 0.6 is 28.3 Å². The Morgan fingerprint density at radius 2 is 2.06 bits per heavy atom. The number of carbonyl (C=O) groups is 2. The van der Waals surface area contributed by atoms with E-state index in [9.17, 15) is 9.59 Å². The minimum atomic E-state index is -0.635. The fraction of sp³-hybridized carbons (Fsp3) is 0.273. The number of halogens is 2. The molecule has 0 spiro atoms. The third kappa shape index (κ3) is 5.19. The van der Waals surface area contributed by atoms with Crippen molar-refractivity contribution in [3.63, 3.8) is 0 Å². The maximum absolute atomic E-state index is 11.3.